The summed E-state index contributed by atoms with van der Waals surface area (Å²) in [4.78, 5) is 44.8. The van der Waals surface area contributed by atoms with Crippen molar-refractivity contribution in [1.29, 1.82) is 0 Å². The largest absolute Gasteiger partial charge is 0.497 e. The molecule has 32 heavy (non-hydrogen) atoms. The molecule has 0 radical (unpaired) electrons. The number of imide groups is 1. The van der Waals surface area contributed by atoms with Crippen LogP contribution in [0, 0.1) is 0 Å². The number of H-pyrrole nitrogens is 1. The van der Waals surface area contributed by atoms with Crippen molar-refractivity contribution < 1.29 is 23.9 Å². The Morgan fingerprint density at radius 1 is 1.12 bits per heavy atom. The molecule has 164 valence electrons. The Kier molecular flexibility index (Phi) is 4.84. The highest BCUT2D eigenvalue weighted by Gasteiger charge is 2.53. The molecule has 3 heterocycles. The smallest absolute Gasteiger partial charge is 0.328 e. The Morgan fingerprint density at radius 3 is 2.59 bits per heavy atom. The lowest BCUT2D eigenvalue weighted by atomic mass is 9.89. The van der Waals surface area contributed by atoms with Crippen molar-refractivity contribution in [2.24, 2.45) is 0 Å². The first-order chi connectivity index (χ1) is 15.5. The maximum atomic E-state index is 13.4. The summed E-state index contributed by atoms with van der Waals surface area (Å²) in [6.45, 7) is 1.49. The molecule has 0 saturated carbocycles. The van der Waals surface area contributed by atoms with Crippen molar-refractivity contribution in [2.45, 2.75) is 25.4 Å². The van der Waals surface area contributed by atoms with Crippen LogP contribution in [0.25, 0.3) is 10.9 Å². The van der Waals surface area contributed by atoms with E-state index in [0.717, 1.165) is 32.6 Å². The van der Waals surface area contributed by atoms with E-state index < -0.39 is 24.1 Å². The summed E-state index contributed by atoms with van der Waals surface area (Å²) in [6, 6.07) is 13.7. The predicted octanol–water partition coefficient (Wildman–Crippen LogP) is 3.02. The van der Waals surface area contributed by atoms with Gasteiger partial charge >= 0.3 is 12.0 Å². The SMILES string of the molecule is CCOC(=O)CN1C(=O)[C@@H]2Cc3c([nH]c4ccccc34)[C@H](c3ccc(OC)cc3)N2C1=O. The fourth-order valence-electron chi connectivity index (χ4n) is 4.74. The summed E-state index contributed by atoms with van der Waals surface area (Å²) < 4.78 is 10.3. The molecular formula is C24H23N3O5. The number of ether oxygens (including phenoxy) is 2. The summed E-state index contributed by atoms with van der Waals surface area (Å²) in [5, 5.41) is 1.03. The number of urea groups is 1. The van der Waals surface area contributed by atoms with Gasteiger partial charge in [0.25, 0.3) is 5.91 Å². The average Bonchev–Trinajstić information content (AvgIpc) is 3.29. The molecule has 0 aliphatic carbocycles. The number of benzene rings is 2. The zero-order chi connectivity index (χ0) is 22.4. The number of nitrogens with one attached hydrogen (secondary N) is 1. The third-order valence-corrected chi connectivity index (χ3v) is 6.16. The molecular weight excluding hydrogens is 410 g/mol. The normalized spacial score (nSPS) is 19.8. The standard InChI is InChI=1S/C24H23N3O5/c1-3-32-20(28)13-26-23(29)19-12-17-16-6-4-5-7-18(16)25-21(17)22(27(19)24(26)30)14-8-10-15(31-2)11-9-14/h4-11,19,22,25H,3,12-13H2,1-2H3/t19-,22-/m0/s1. The monoisotopic (exact) mass is 433 g/mol. The molecule has 0 unspecified atom stereocenters. The van der Waals surface area contributed by atoms with Crippen LogP contribution in [0.1, 0.15) is 29.8 Å². The van der Waals surface area contributed by atoms with Gasteiger partial charge in [-0.3, -0.25) is 19.4 Å². The van der Waals surface area contributed by atoms with Crippen molar-refractivity contribution in [2.75, 3.05) is 20.3 Å². The fraction of sp³-hybridized carbons (Fsp3) is 0.292. The molecule has 0 spiro atoms. The van der Waals surface area contributed by atoms with Gasteiger partial charge in [0.2, 0.25) is 0 Å². The van der Waals surface area contributed by atoms with Crippen LogP contribution in [0.5, 0.6) is 5.75 Å². The Bertz CT molecular complexity index is 1220. The summed E-state index contributed by atoms with van der Waals surface area (Å²) in [6.07, 6.45) is 0.385. The highest BCUT2D eigenvalue weighted by molar-refractivity contribution is 6.07. The van der Waals surface area contributed by atoms with Crippen LogP contribution in [-0.2, 0) is 20.7 Å². The first-order valence-corrected chi connectivity index (χ1v) is 10.6. The first-order valence-electron chi connectivity index (χ1n) is 10.6. The van der Waals surface area contributed by atoms with Gasteiger partial charge in [-0.25, -0.2) is 4.79 Å². The van der Waals surface area contributed by atoms with Crippen LogP contribution >= 0.6 is 0 Å². The predicted molar refractivity (Wildman–Crippen MR) is 116 cm³/mol. The van der Waals surface area contributed by atoms with Crippen molar-refractivity contribution in [3.8, 4) is 5.75 Å². The van der Waals surface area contributed by atoms with Crippen molar-refractivity contribution >= 4 is 28.8 Å². The van der Waals surface area contributed by atoms with E-state index >= 15 is 0 Å². The van der Waals surface area contributed by atoms with Gasteiger partial charge in [-0.15, -0.1) is 0 Å². The highest BCUT2D eigenvalue weighted by Crippen LogP contribution is 2.44. The molecule has 2 aromatic carbocycles. The summed E-state index contributed by atoms with van der Waals surface area (Å²) >= 11 is 0. The molecule has 2 aliphatic rings. The molecule has 1 aromatic heterocycles. The third kappa shape index (κ3) is 3.02. The second-order valence-corrected chi connectivity index (χ2v) is 7.88. The molecule has 1 N–H and O–H groups in total. The number of para-hydroxylation sites is 1. The van der Waals surface area contributed by atoms with Gasteiger partial charge in [0, 0.05) is 23.0 Å². The zero-order valence-corrected chi connectivity index (χ0v) is 17.8. The van der Waals surface area contributed by atoms with E-state index in [9.17, 15) is 14.4 Å². The maximum absolute atomic E-state index is 13.4. The van der Waals surface area contributed by atoms with Crippen molar-refractivity contribution in [3.05, 3.63) is 65.4 Å². The van der Waals surface area contributed by atoms with Gasteiger partial charge < -0.3 is 14.5 Å². The van der Waals surface area contributed by atoms with Gasteiger partial charge in [0.1, 0.15) is 24.4 Å². The Balaban J connectivity index is 1.62. The number of fused-ring (bicyclic) bond motifs is 4. The number of aromatic amines is 1. The third-order valence-electron chi connectivity index (χ3n) is 6.16. The number of nitrogens with zero attached hydrogens (tertiary/aromatic N) is 2. The van der Waals surface area contributed by atoms with Gasteiger partial charge in [-0.2, -0.15) is 0 Å². The van der Waals surface area contributed by atoms with Crippen LogP contribution in [0.15, 0.2) is 48.5 Å². The lowest BCUT2D eigenvalue weighted by molar-refractivity contribution is -0.146. The van der Waals surface area contributed by atoms with Crippen molar-refractivity contribution in [3.63, 3.8) is 0 Å². The second kappa shape index (κ2) is 7.71. The number of carbonyl (C=O) groups is 3. The van der Waals surface area contributed by atoms with Crippen LogP contribution < -0.4 is 4.74 Å². The molecule has 2 aliphatic heterocycles. The average molecular weight is 433 g/mol. The fourth-order valence-corrected chi connectivity index (χ4v) is 4.74. The minimum atomic E-state index is -0.685. The molecule has 0 bridgehead atoms. The highest BCUT2D eigenvalue weighted by atomic mass is 16.5. The van der Waals surface area contributed by atoms with E-state index in [1.54, 1.807) is 18.9 Å². The number of aromatic nitrogens is 1. The number of esters is 1. The number of rotatable bonds is 5. The molecule has 5 rings (SSSR count). The molecule has 2 atom stereocenters. The second-order valence-electron chi connectivity index (χ2n) is 7.88. The number of hydrogen-bond acceptors (Lipinski definition) is 5. The van der Waals surface area contributed by atoms with Crippen LogP contribution in [0.2, 0.25) is 0 Å². The Hall–Kier alpha value is -3.81. The summed E-state index contributed by atoms with van der Waals surface area (Å²) in [5.41, 5.74) is 3.71. The number of carbonyl (C=O) groups excluding carboxylic acids is 3. The lowest BCUT2D eigenvalue weighted by Gasteiger charge is -2.36. The van der Waals surface area contributed by atoms with Crippen molar-refractivity contribution in [1.82, 2.24) is 14.8 Å². The summed E-state index contributed by atoms with van der Waals surface area (Å²) in [5.74, 6) is -0.276. The van der Waals surface area contributed by atoms with Crippen LogP contribution in [-0.4, -0.2) is 59.0 Å². The molecule has 8 nitrogen and oxygen atoms in total. The van der Waals surface area contributed by atoms with Gasteiger partial charge in [-0.1, -0.05) is 30.3 Å². The van der Waals surface area contributed by atoms with Crippen LogP contribution in [0.4, 0.5) is 4.79 Å². The number of hydrogen-bond donors (Lipinski definition) is 1. The van der Waals surface area contributed by atoms with E-state index in [1.165, 1.54) is 0 Å². The van der Waals surface area contributed by atoms with E-state index in [0.29, 0.717) is 12.2 Å². The van der Waals surface area contributed by atoms with Gasteiger partial charge in [-0.05, 0) is 36.2 Å². The van der Waals surface area contributed by atoms with E-state index in [-0.39, 0.29) is 19.1 Å². The van der Waals surface area contributed by atoms with Gasteiger partial charge in [0.05, 0.1) is 13.7 Å². The van der Waals surface area contributed by atoms with E-state index in [1.807, 2.05) is 48.5 Å². The Labute approximate surface area is 184 Å². The van der Waals surface area contributed by atoms with E-state index in [2.05, 4.69) is 4.98 Å². The Morgan fingerprint density at radius 2 is 1.88 bits per heavy atom. The minimum Gasteiger partial charge on any atom is -0.497 e. The number of methoxy groups -OCH3 is 1. The molecule has 1 fully saturated rings. The first kappa shape index (κ1) is 20.1. The maximum Gasteiger partial charge on any atom is 0.328 e. The molecule has 8 heteroatoms. The zero-order valence-electron chi connectivity index (χ0n) is 17.8. The topological polar surface area (TPSA) is 91.9 Å². The number of amides is 3. The molecule has 3 amide bonds. The quantitative estimate of drug-likeness (QED) is 0.493. The lowest BCUT2D eigenvalue weighted by Crippen LogP contribution is -2.44. The molecule has 1 saturated heterocycles. The minimum absolute atomic E-state index is 0.188. The van der Waals surface area contributed by atoms with E-state index in [4.69, 9.17) is 9.47 Å². The summed E-state index contributed by atoms with van der Waals surface area (Å²) in [7, 11) is 1.59. The van der Waals surface area contributed by atoms with Gasteiger partial charge in [0.15, 0.2) is 0 Å². The van der Waals surface area contributed by atoms with Crippen LogP contribution in [0.3, 0.4) is 0 Å². The molecule has 3 aromatic rings.